The van der Waals surface area contributed by atoms with E-state index in [4.69, 9.17) is 17.0 Å². The van der Waals surface area contributed by atoms with E-state index in [1.165, 1.54) is 16.1 Å². The fraction of sp³-hybridized carbons (Fsp3) is 0.471. The number of rotatable bonds is 5. The Hall–Kier alpha value is -0.950. The Kier molecular flexibility index (Phi) is 5.69. The van der Waals surface area contributed by atoms with E-state index in [0.717, 1.165) is 48.7 Å². The Morgan fingerprint density at radius 2 is 1.87 bits per heavy atom. The Morgan fingerprint density at radius 3 is 2.52 bits per heavy atom. The zero-order valence-corrected chi connectivity index (χ0v) is 16.0. The van der Waals surface area contributed by atoms with Crippen molar-refractivity contribution in [3.63, 3.8) is 0 Å². The quantitative estimate of drug-likeness (QED) is 0.581. The van der Waals surface area contributed by atoms with Gasteiger partial charge in [-0.3, -0.25) is 4.90 Å². The molecule has 1 aliphatic rings. The molecule has 0 N–H and O–H groups in total. The first kappa shape index (κ1) is 16.9. The van der Waals surface area contributed by atoms with Gasteiger partial charge in [0.05, 0.1) is 12.8 Å². The van der Waals surface area contributed by atoms with Crippen molar-refractivity contribution in [3.05, 3.63) is 38.5 Å². The molecule has 23 heavy (non-hydrogen) atoms. The molecule has 124 valence electrons. The van der Waals surface area contributed by atoms with Gasteiger partial charge in [-0.25, -0.2) is 0 Å². The third kappa shape index (κ3) is 3.94. The van der Waals surface area contributed by atoms with E-state index < -0.39 is 0 Å². The van der Waals surface area contributed by atoms with Crippen molar-refractivity contribution in [1.82, 2.24) is 4.90 Å². The first-order chi connectivity index (χ1) is 11.2. The molecule has 1 aromatic heterocycles. The van der Waals surface area contributed by atoms with Crippen LogP contribution in [0.1, 0.15) is 10.4 Å². The second-order valence-electron chi connectivity index (χ2n) is 5.75. The van der Waals surface area contributed by atoms with Crippen molar-refractivity contribution < 1.29 is 4.74 Å². The van der Waals surface area contributed by atoms with Crippen molar-refractivity contribution in [2.45, 2.75) is 13.3 Å². The smallest absolute Gasteiger partial charge is 0.142 e. The van der Waals surface area contributed by atoms with Gasteiger partial charge in [-0.2, -0.15) is 0 Å². The summed E-state index contributed by atoms with van der Waals surface area (Å²) in [5.74, 6) is 0.967. The number of ether oxygens (including phenoxy) is 1. The number of piperazine rings is 1. The molecule has 1 aromatic carbocycles. The molecule has 0 unspecified atom stereocenters. The van der Waals surface area contributed by atoms with Gasteiger partial charge in [0.2, 0.25) is 0 Å². The maximum absolute atomic E-state index is 5.48. The average molecular weight is 367 g/mol. The summed E-state index contributed by atoms with van der Waals surface area (Å²) >= 11 is 5.33. The van der Waals surface area contributed by atoms with Gasteiger partial charge < -0.3 is 9.64 Å². The van der Waals surface area contributed by atoms with Crippen molar-refractivity contribution in [2.24, 2.45) is 0 Å². The number of hydrogen-bond acceptors (Lipinski definition) is 6. The van der Waals surface area contributed by atoms with Crippen LogP contribution in [-0.2, 0) is 6.42 Å². The number of para-hydroxylation sites is 2. The molecule has 2 heterocycles. The van der Waals surface area contributed by atoms with Gasteiger partial charge in [0.25, 0.3) is 0 Å². The van der Waals surface area contributed by atoms with Crippen molar-refractivity contribution in [3.8, 4) is 5.75 Å². The molecule has 3 rings (SSSR count). The van der Waals surface area contributed by atoms with E-state index >= 15 is 0 Å². The fourth-order valence-electron chi connectivity index (χ4n) is 2.92. The van der Waals surface area contributed by atoms with E-state index in [-0.39, 0.29) is 0 Å². The predicted octanol–water partition coefficient (Wildman–Crippen LogP) is 4.22. The number of anilines is 1. The minimum absolute atomic E-state index is 0.967. The van der Waals surface area contributed by atoms with Gasteiger partial charge in [-0.05, 0) is 31.0 Å². The van der Waals surface area contributed by atoms with Gasteiger partial charge in [0.15, 0.2) is 0 Å². The molecule has 1 fully saturated rings. The lowest BCUT2D eigenvalue weighted by Crippen LogP contribution is -2.47. The monoisotopic (exact) mass is 366 g/mol. The first-order valence-electron chi connectivity index (χ1n) is 7.88. The maximum Gasteiger partial charge on any atom is 0.142 e. The highest BCUT2D eigenvalue weighted by Gasteiger charge is 2.19. The van der Waals surface area contributed by atoms with Crippen LogP contribution < -0.4 is 9.64 Å². The maximum atomic E-state index is 5.48. The summed E-state index contributed by atoms with van der Waals surface area (Å²) in [4.78, 5) is 6.45. The molecule has 0 bridgehead atoms. The van der Waals surface area contributed by atoms with Crippen LogP contribution in [0.4, 0.5) is 5.69 Å². The number of methoxy groups -OCH3 is 1. The molecule has 0 atom stereocenters. The topological polar surface area (TPSA) is 15.7 Å². The van der Waals surface area contributed by atoms with Crippen LogP contribution in [-0.4, -0.2) is 44.7 Å². The molecule has 0 radical (unpaired) electrons. The molecule has 3 nitrogen and oxygen atoms in total. The van der Waals surface area contributed by atoms with Crippen LogP contribution >= 0.6 is 32.9 Å². The molecular formula is C17H22N2OS3. The van der Waals surface area contributed by atoms with Gasteiger partial charge in [-0.15, -0.1) is 0 Å². The third-order valence-corrected chi connectivity index (χ3v) is 7.87. The van der Waals surface area contributed by atoms with E-state index in [1.807, 2.05) is 22.5 Å². The number of benzene rings is 1. The summed E-state index contributed by atoms with van der Waals surface area (Å²) in [5.41, 5.74) is 2.53. The summed E-state index contributed by atoms with van der Waals surface area (Å²) in [5, 5.41) is 0. The second-order valence-corrected chi connectivity index (χ2v) is 8.65. The van der Waals surface area contributed by atoms with Crippen LogP contribution in [0, 0.1) is 10.7 Å². The fourth-order valence-corrected chi connectivity index (χ4v) is 5.83. The zero-order valence-electron chi connectivity index (χ0n) is 13.6. The molecule has 0 amide bonds. The zero-order chi connectivity index (χ0) is 16.2. The van der Waals surface area contributed by atoms with Crippen LogP contribution in [0.15, 0.2) is 24.3 Å². The summed E-state index contributed by atoms with van der Waals surface area (Å²) in [6.45, 7) is 7.60. The number of nitrogens with zero attached hydrogens (tertiary/aromatic N) is 2. The molecule has 6 heteroatoms. The van der Waals surface area contributed by atoms with E-state index in [1.54, 1.807) is 17.5 Å². The molecule has 1 aliphatic heterocycles. The molecule has 0 spiro atoms. The Bertz CT molecular complexity index is 702. The highest BCUT2D eigenvalue weighted by molar-refractivity contribution is 7.79. The van der Waals surface area contributed by atoms with E-state index in [2.05, 4.69) is 28.9 Å². The van der Waals surface area contributed by atoms with Crippen molar-refractivity contribution in [1.29, 1.82) is 0 Å². The largest absolute Gasteiger partial charge is 0.495 e. The SMILES string of the molecule is COc1ccccc1N1CCN(CCc2ssc(=S)c2C)CC1. The summed E-state index contributed by atoms with van der Waals surface area (Å²) in [6, 6.07) is 8.29. The minimum atomic E-state index is 0.967. The van der Waals surface area contributed by atoms with Gasteiger partial charge in [-0.1, -0.05) is 45.0 Å². The van der Waals surface area contributed by atoms with E-state index in [0.29, 0.717) is 0 Å². The Labute approximate surface area is 150 Å². The summed E-state index contributed by atoms with van der Waals surface area (Å²) in [6.07, 6.45) is 1.12. The normalized spacial score (nSPS) is 15.8. The summed E-state index contributed by atoms with van der Waals surface area (Å²) < 4.78 is 6.54. The van der Waals surface area contributed by atoms with Crippen LogP contribution in [0.2, 0.25) is 0 Å². The Balaban J connectivity index is 1.54. The molecule has 1 saturated heterocycles. The van der Waals surface area contributed by atoms with Crippen molar-refractivity contribution >= 4 is 38.6 Å². The minimum Gasteiger partial charge on any atom is -0.495 e. The number of hydrogen-bond donors (Lipinski definition) is 0. The highest BCUT2D eigenvalue weighted by atomic mass is 32.9. The Morgan fingerprint density at radius 1 is 1.13 bits per heavy atom. The van der Waals surface area contributed by atoms with Crippen LogP contribution in [0.25, 0.3) is 0 Å². The van der Waals surface area contributed by atoms with Crippen LogP contribution in [0.5, 0.6) is 5.75 Å². The second kappa shape index (κ2) is 7.75. The molecule has 0 aliphatic carbocycles. The predicted molar refractivity (Wildman–Crippen MR) is 103 cm³/mol. The standard InChI is InChI=1S/C17H22N2OS3/c1-13-16(22-23-17(13)21)7-8-18-9-11-19(12-10-18)14-5-3-4-6-15(14)20-2/h3-6H,7-12H2,1-2H3. The van der Waals surface area contributed by atoms with Gasteiger partial charge in [0, 0.05) is 37.6 Å². The highest BCUT2D eigenvalue weighted by Crippen LogP contribution is 2.28. The third-order valence-electron chi connectivity index (χ3n) is 4.40. The average Bonchev–Trinajstić information content (AvgIpc) is 2.92. The van der Waals surface area contributed by atoms with Gasteiger partial charge >= 0.3 is 0 Å². The molecular weight excluding hydrogens is 344 g/mol. The first-order valence-corrected chi connectivity index (χ1v) is 10.4. The summed E-state index contributed by atoms with van der Waals surface area (Å²) in [7, 11) is 5.33. The lowest BCUT2D eigenvalue weighted by molar-refractivity contribution is 0.260. The van der Waals surface area contributed by atoms with Crippen molar-refractivity contribution in [2.75, 3.05) is 44.7 Å². The lowest BCUT2D eigenvalue weighted by Gasteiger charge is -2.36. The molecule has 0 saturated carbocycles. The molecule has 2 aromatic rings. The van der Waals surface area contributed by atoms with E-state index in [9.17, 15) is 0 Å². The lowest BCUT2D eigenvalue weighted by atomic mass is 10.2. The van der Waals surface area contributed by atoms with Gasteiger partial charge in [0.1, 0.15) is 9.57 Å². The van der Waals surface area contributed by atoms with Crippen LogP contribution in [0.3, 0.4) is 0 Å².